The Morgan fingerprint density at radius 3 is 2.56 bits per heavy atom. The summed E-state index contributed by atoms with van der Waals surface area (Å²) in [4.78, 5) is 11.9. The first-order chi connectivity index (χ1) is 12.2. The van der Waals surface area contributed by atoms with E-state index in [-0.39, 0.29) is 19.1 Å². The predicted octanol–water partition coefficient (Wildman–Crippen LogP) is 4.41. The fourth-order valence-corrected chi connectivity index (χ4v) is 2.64. The summed E-state index contributed by atoms with van der Waals surface area (Å²) in [6.07, 6.45) is 0. The average Bonchev–Trinajstić information content (AvgIpc) is 2.65. The van der Waals surface area contributed by atoms with Gasteiger partial charge in [0.05, 0.1) is 6.54 Å². The van der Waals surface area contributed by atoms with Gasteiger partial charge in [0, 0.05) is 15.4 Å². The Kier molecular flexibility index (Phi) is 5.71. The lowest BCUT2D eigenvalue weighted by Gasteiger charge is -2.06. The Hall–Kier alpha value is -2.77. The van der Waals surface area contributed by atoms with Crippen LogP contribution in [0.15, 0.2) is 71.2 Å². The number of ether oxygens (including phenoxy) is 1. The van der Waals surface area contributed by atoms with E-state index < -0.39 is 0 Å². The molecule has 3 aromatic rings. The molecule has 25 heavy (non-hydrogen) atoms. The Labute approximate surface area is 155 Å². The largest absolute Gasteiger partial charge is 0.480 e. The number of carbonyl (C=O) groups excluding carboxylic acids is 1. The molecule has 124 valence electrons. The van der Waals surface area contributed by atoms with Gasteiger partial charge in [-0.2, -0.15) is 0 Å². The zero-order valence-corrected chi connectivity index (χ0v) is 15.0. The summed E-state index contributed by atoms with van der Waals surface area (Å²) < 4.78 is 6.67. The highest BCUT2D eigenvalue weighted by Crippen LogP contribution is 2.24. The number of halogens is 1. The van der Waals surface area contributed by atoms with E-state index in [4.69, 9.17) is 4.74 Å². The van der Waals surface area contributed by atoms with Gasteiger partial charge < -0.3 is 10.1 Å². The fraction of sp³-hybridized carbons (Fsp3) is 0.0952. The van der Waals surface area contributed by atoms with Crippen molar-refractivity contribution in [2.75, 3.05) is 13.2 Å². The highest BCUT2D eigenvalue weighted by molar-refractivity contribution is 9.10. The number of nitrogens with one attached hydrogen (secondary N) is 1. The number of fused-ring (bicyclic) bond motifs is 1. The summed E-state index contributed by atoms with van der Waals surface area (Å²) in [5.41, 5.74) is 0.608. The van der Waals surface area contributed by atoms with Crippen molar-refractivity contribution >= 4 is 32.6 Å². The number of hydrogen-bond donors (Lipinski definition) is 1. The molecule has 0 aromatic heterocycles. The van der Waals surface area contributed by atoms with Crippen molar-refractivity contribution in [2.45, 2.75) is 0 Å². The summed E-state index contributed by atoms with van der Waals surface area (Å²) in [7, 11) is 0. The third-order valence-electron chi connectivity index (χ3n) is 3.62. The van der Waals surface area contributed by atoms with Gasteiger partial charge in [-0.3, -0.25) is 4.79 Å². The van der Waals surface area contributed by atoms with Crippen LogP contribution in [0.3, 0.4) is 0 Å². The van der Waals surface area contributed by atoms with Crippen molar-refractivity contribution in [3.05, 3.63) is 76.8 Å². The number of carbonyl (C=O) groups is 1. The van der Waals surface area contributed by atoms with Gasteiger partial charge in [-0.05, 0) is 35.7 Å². The maximum atomic E-state index is 11.9. The summed E-state index contributed by atoms with van der Waals surface area (Å²) in [5, 5.41) is 4.96. The van der Waals surface area contributed by atoms with E-state index in [2.05, 4.69) is 33.1 Å². The normalized spacial score (nSPS) is 9.96. The van der Waals surface area contributed by atoms with Crippen molar-refractivity contribution in [3.8, 4) is 17.6 Å². The van der Waals surface area contributed by atoms with Gasteiger partial charge >= 0.3 is 0 Å². The van der Waals surface area contributed by atoms with E-state index >= 15 is 0 Å². The molecule has 0 fully saturated rings. The quantitative estimate of drug-likeness (QED) is 0.666. The molecule has 3 nitrogen and oxygen atoms in total. The number of rotatable bonds is 4. The molecule has 0 aliphatic rings. The molecule has 0 heterocycles. The molecular weight excluding hydrogens is 378 g/mol. The van der Waals surface area contributed by atoms with Gasteiger partial charge in [-0.25, -0.2) is 0 Å². The van der Waals surface area contributed by atoms with E-state index in [0.29, 0.717) is 5.56 Å². The monoisotopic (exact) mass is 393 g/mol. The SMILES string of the molecule is O=C(NCC#CCOc1cccc2ccccc12)c1ccc(Br)cc1. The predicted molar refractivity (Wildman–Crippen MR) is 104 cm³/mol. The zero-order valence-electron chi connectivity index (χ0n) is 13.5. The van der Waals surface area contributed by atoms with E-state index in [0.717, 1.165) is 21.0 Å². The minimum absolute atomic E-state index is 0.142. The first-order valence-corrected chi connectivity index (χ1v) is 8.63. The van der Waals surface area contributed by atoms with Crippen LogP contribution in [-0.4, -0.2) is 19.1 Å². The summed E-state index contributed by atoms with van der Waals surface area (Å²) in [5.74, 6) is 6.49. The molecule has 0 bridgehead atoms. The van der Waals surface area contributed by atoms with Gasteiger partial charge in [-0.15, -0.1) is 0 Å². The molecule has 0 unspecified atom stereocenters. The molecule has 1 N–H and O–H groups in total. The second-order valence-electron chi connectivity index (χ2n) is 5.31. The molecule has 0 aliphatic heterocycles. The van der Waals surface area contributed by atoms with Crippen LogP contribution in [0, 0.1) is 11.8 Å². The molecule has 1 amide bonds. The Morgan fingerprint density at radius 2 is 1.72 bits per heavy atom. The van der Waals surface area contributed by atoms with Crippen molar-refractivity contribution < 1.29 is 9.53 Å². The van der Waals surface area contributed by atoms with Gasteiger partial charge in [0.15, 0.2) is 0 Å². The molecule has 0 atom stereocenters. The topological polar surface area (TPSA) is 38.3 Å². The van der Waals surface area contributed by atoms with Crippen molar-refractivity contribution in [3.63, 3.8) is 0 Å². The first-order valence-electron chi connectivity index (χ1n) is 7.84. The van der Waals surface area contributed by atoms with Gasteiger partial charge in [0.25, 0.3) is 5.91 Å². The standard InChI is InChI=1S/C21H16BrNO2/c22-18-12-10-17(11-13-18)21(24)23-14-3-4-15-25-20-9-5-7-16-6-1-2-8-19(16)20/h1-2,5-13H,14-15H2,(H,23,24). The number of benzene rings is 3. The van der Waals surface area contributed by atoms with Crippen LogP contribution in [0.4, 0.5) is 0 Å². The Morgan fingerprint density at radius 1 is 0.960 bits per heavy atom. The van der Waals surface area contributed by atoms with Crippen LogP contribution in [0.2, 0.25) is 0 Å². The summed E-state index contributed by atoms with van der Waals surface area (Å²) in [6, 6.07) is 21.2. The maximum absolute atomic E-state index is 11.9. The zero-order chi connectivity index (χ0) is 17.5. The third-order valence-corrected chi connectivity index (χ3v) is 4.15. The fourth-order valence-electron chi connectivity index (χ4n) is 2.38. The smallest absolute Gasteiger partial charge is 0.252 e. The highest BCUT2D eigenvalue weighted by Gasteiger charge is 2.03. The lowest BCUT2D eigenvalue weighted by Crippen LogP contribution is -2.23. The van der Waals surface area contributed by atoms with E-state index in [1.807, 2.05) is 54.6 Å². The molecule has 4 heteroatoms. The minimum atomic E-state index is -0.142. The van der Waals surface area contributed by atoms with Crippen LogP contribution < -0.4 is 10.1 Å². The van der Waals surface area contributed by atoms with E-state index in [9.17, 15) is 4.79 Å². The highest BCUT2D eigenvalue weighted by atomic mass is 79.9. The molecule has 0 radical (unpaired) electrons. The van der Waals surface area contributed by atoms with Crippen LogP contribution in [-0.2, 0) is 0 Å². The molecule has 0 saturated carbocycles. The van der Waals surface area contributed by atoms with Crippen molar-refractivity contribution in [1.82, 2.24) is 5.32 Å². The van der Waals surface area contributed by atoms with Crippen molar-refractivity contribution in [1.29, 1.82) is 0 Å². The average molecular weight is 394 g/mol. The van der Waals surface area contributed by atoms with E-state index in [1.165, 1.54) is 0 Å². The van der Waals surface area contributed by atoms with Crippen LogP contribution in [0.1, 0.15) is 10.4 Å². The lowest BCUT2D eigenvalue weighted by molar-refractivity contribution is 0.0958. The second kappa shape index (κ2) is 8.36. The molecule has 0 aliphatic carbocycles. The second-order valence-corrected chi connectivity index (χ2v) is 6.22. The molecule has 3 rings (SSSR count). The Balaban J connectivity index is 1.50. The minimum Gasteiger partial charge on any atom is -0.480 e. The molecule has 3 aromatic carbocycles. The van der Waals surface area contributed by atoms with Gasteiger partial charge in [0.2, 0.25) is 0 Å². The summed E-state index contributed by atoms with van der Waals surface area (Å²) >= 11 is 3.34. The van der Waals surface area contributed by atoms with Crippen molar-refractivity contribution in [2.24, 2.45) is 0 Å². The number of hydrogen-bond acceptors (Lipinski definition) is 2. The third kappa shape index (κ3) is 4.62. The van der Waals surface area contributed by atoms with Crippen LogP contribution >= 0.6 is 15.9 Å². The van der Waals surface area contributed by atoms with Crippen LogP contribution in [0.25, 0.3) is 10.8 Å². The molecule has 0 saturated heterocycles. The number of amides is 1. The van der Waals surface area contributed by atoms with Gasteiger partial charge in [0.1, 0.15) is 12.4 Å². The molecule has 0 spiro atoms. The summed E-state index contributed by atoms with van der Waals surface area (Å²) in [6.45, 7) is 0.565. The van der Waals surface area contributed by atoms with Crippen LogP contribution in [0.5, 0.6) is 5.75 Å². The molecular formula is C21H16BrNO2. The Bertz CT molecular complexity index is 934. The lowest BCUT2D eigenvalue weighted by atomic mass is 10.1. The van der Waals surface area contributed by atoms with E-state index in [1.54, 1.807) is 12.1 Å². The first kappa shape index (κ1) is 17.1. The maximum Gasteiger partial charge on any atom is 0.252 e. The van der Waals surface area contributed by atoms with Gasteiger partial charge in [-0.1, -0.05) is 64.2 Å².